The van der Waals surface area contributed by atoms with Crippen molar-refractivity contribution >= 4 is 21.4 Å². The SMILES string of the molecule is C=CC(Cc1nn[nH]n1)c1ccc(OCc2ccc3scc(-c4ccnn4C)c3c2)cc1. The number of nitrogens with one attached hydrogen (secondary N) is 1. The van der Waals surface area contributed by atoms with Gasteiger partial charge in [-0.05, 0) is 41.5 Å². The predicted octanol–water partition coefficient (Wildman–Crippen LogP) is 4.91. The van der Waals surface area contributed by atoms with Crippen LogP contribution in [0.1, 0.15) is 22.9 Å². The first kappa shape index (κ1) is 20.1. The minimum absolute atomic E-state index is 0.119. The molecule has 0 spiro atoms. The molecule has 32 heavy (non-hydrogen) atoms. The molecule has 0 saturated carbocycles. The van der Waals surface area contributed by atoms with Crippen molar-refractivity contribution in [3.8, 4) is 17.0 Å². The van der Waals surface area contributed by atoms with Crippen molar-refractivity contribution in [2.75, 3.05) is 0 Å². The van der Waals surface area contributed by atoms with Crippen LogP contribution in [0.2, 0.25) is 0 Å². The van der Waals surface area contributed by atoms with Crippen LogP contribution in [0, 0.1) is 0 Å². The highest BCUT2D eigenvalue weighted by Gasteiger charge is 2.13. The second-order valence-electron chi connectivity index (χ2n) is 7.55. The zero-order chi connectivity index (χ0) is 21.9. The third-order valence-corrected chi connectivity index (χ3v) is 6.49. The van der Waals surface area contributed by atoms with Crippen LogP contribution in [-0.2, 0) is 20.1 Å². The number of tetrazole rings is 1. The van der Waals surface area contributed by atoms with Gasteiger partial charge in [0.2, 0.25) is 0 Å². The van der Waals surface area contributed by atoms with Crippen molar-refractivity contribution in [2.45, 2.75) is 18.9 Å². The highest BCUT2D eigenvalue weighted by molar-refractivity contribution is 7.17. The van der Waals surface area contributed by atoms with Gasteiger partial charge in [-0.15, -0.1) is 28.1 Å². The van der Waals surface area contributed by atoms with E-state index in [1.54, 1.807) is 11.3 Å². The maximum Gasteiger partial charge on any atom is 0.175 e. The van der Waals surface area contributed by atoms with E-state index in [-0.39, 0.29) is 5.92 Å². The van der Waals surface area contributed by atoms with Crippen LogP contribution in [0.5, 0.6) is 5.75 Å². The van der Waals surface area contributed by atoms with Crippen molar-refractivity contribution in [1.82, 2.24) is 30.4 Å². The quantitative estimate of drug-likeness (QED) is 0.346. The van der Waals surface area contributed by atoms with Crippen molar-refractivity contribution in [3.63, 3.8) is 0 Å². The molecule has 3 heterocycles. The molecule has 0 aliphatic rings. The number of allylic oxidation sites excluding steroid dienone is 1. The molecule has 5 aromatic rings. The fourth-order valence-corrected chi connectivity index (χ4v) is 4.72. The van der Waals surface area contributed by atoms with Gasteiger partial charge in [-0.25, -0.2) is 0 Å². The van der Waals surface area contributed by atoms with Gasteiger partial charge in [0.25, 0.3) is 0 Å². The van der Waals surface area contributed by atoms with Gasteiger partial charge in [0.15, 0.2) is 5.82 Å². The molecule has 0 radical (unpaired) electrons. The summed E-state index contributed by atoms with van der Waals surface area (Å²) in [5.74, 6) is 1.62. The Bertz CT molecular complexity index is 1340. The van der Waals surface area contributed by atoms with E-state index in [2.05, 4.69) is 68.0 Å². The van der Waals surface area contributed by atoms with E-state index >= 15 is 0 Å². The maximum absolute atomic E-state index is 6.07. The van der Waals surface area contributed by atoms with Gasteiger partial charge in [-0.3, -0.25) is 4.68 Å². The van der Waals surface area contributed by atoms with Crippen LogP contribution in [0.15, 0.2) is 72.8 Å². The lowest BCUT2D eigenvalue weighted by molar-refractivity contribution is 0.306. The molecule has 0 amide bonds. The third-order valence-electron chi connectivity index (χ3n) is 5.52. The number of fused-ring (bicyclic) bond motifs is 1. The largest absolute Gasteiger partial charge is 0.489 e. The van der Waals surface area contributed by atoms with Crippen molar-refractivity contribution in [1.29, 1.82) is 0 Å². The lowest BCUT2D eigenvalue weighted by Crippen LogP contribution is -2.02. The molecule has 7 nitrogen and oxygen atoms in total. The highest BCUT2D eigenvalue weighted by atomic mass is 32.1. The number of ether oxygens (including phenoxy) is 1. The van der Waals surface area contributed by atoms with Crippen LogP contribution >= 0.6 is 11.3 Å². The van der Waals surface area contributed by atoms with E-state index in [4.69, 9.17) is 4.74 Å². The highest BCUT2D eigenvalue weighted by Crippen LogP contribution is 2.34. The Morgan fingerprint density at radius 1 is 1.19 bits per heavy atom. The molecule has 8 heteroatoms. The molecule has 1 N–H and O–H groups in total. The van der Waals surface area contributed by atoms with Gasteiger partial charge in [-0.2, -0.15) is 10.3 Å². The summed E-state index contributed by atoms with van der Waals surface area (Å²) in [4.78, 5) is 0. The number of nitrogens with zero attached hydrogens (tertiary/aromatic N) is 5. The number of hydrogen-bond acceptors (Lipinski definition) is 6. The average Bonchev–Trinajstić information content (AvgIpc) is 3.57. The average molecular weight is 443 g/mol. The van der Waals surface area contributed by atoms with E-state index in [1.807, 2.05) is 42.2 Å². The van der Waals surface area contributed by atoms with Crippen molar-refractivity contribution in [2.24, 2.45) is 7.05 Å². The number of thiophene rings is 1. The predicted molar refractivity (Wildman–Crippen MR) is 126 cm³/mol. The first-order valence-electron chi connectivity index (χ1n) is 10.3. The minimum atomic E-state index is 0.119. The van der Waals surface area contributed by atoms with E-state index in [9.17, 15) is 0 Å². The van der Waals surface area contributed by atoms with Crippen LogP contribution in [0.25, 0.3) is 21.3 Å². The summed E-state index contributed by atoms with van der Waals surface area (Å²) < 4.78 is 9.23. The zero-order valence-corrected chi connectivity index (χ0v) is 18.4. The first-order valence-corrected chi connectivity index (χ1v) is 11.2. The zero-order valence-electron chi connectivity index (χ0n) is 17.6. The summed E-state index contributed by atoms with van der Waals surface area (Å²) in [6.07, 6.45) is 4.39. The van der Waals surface area contributed by atoms with Crippen molar-refractivity contribution < 1.29 is 4.74 Å². The third kappa shape index (κ3) is 4.04. The fraction of sp³-hybridized carbons (Fsp3) is 0.167. The van der Waals surface area contributed by atoms with Crippen LogP contribution < -0.4 is 4.74 Å². The number of rotatable bonds is 8. The molecule has 1 unspecified atom stereocenters. The lowest BCUT2D eigenvalue weighted by Gasteiger charge is -2.12. The molecule has 0 bridgehead atoms. The summed E-state index contributed by atoms with van der Waals surface area (Å²) in [6.45, 7) is 4.45. The fourth-order valence-electron chi connectivity index (χ4n) is 3.78. The number of hydrogen-bond donors (Lipinski definition) is 1. The van der Waals surface area contributed by atoms with Crippen molar-refractivity contribution in [3.05, 3.63) is 89.7 Å². The molecule has 160 valence electrons. The Morgan fingerprint density at radius 2 is 2.06 bits per heavy atom. The Hall–Kier alpha value is -3.78. The van der Waals surface area contributed by atoms with E-state index in [1.165, 1.54) is 15.6 Å². The molecular formula is C24H22N6OS. The monoisotopic (exact) mass is 442 g/mol. The number of aromatic amines is 1. The van der Waals surface area contributed by atoms with Gasteiger partial charge in [0.05, 0.1) is 5.69 Å². The summed E-state index contributed by atoms with van der Waals surface area (Å²) in [6, 6.07) is 16.6. The van der Waals surface area contributed by atoms with Gasteiger partial charge >= 0.3 is 0 Å². The normalized spacial score (nSPS) is 12.2. The Balaban J connectivity index is 1.29. The van der Waals surface area contributed by atoms with Gasteiger partial charge in [-0.1, -0.05) is 29.5 Å². The van der Waals surface area contributed by atoms with E-state index in [0.717, 1.165) is 22.6 Å². The molecule has 0 fully saturated rings. The van der Waals surface area contributed by atoms with Gasteiger partial charge in [0, 0.05) is 46.6 Å². The number of aromatic nitrogens is 6. The molecule has 2 aromatic carbocycles. The number of H-pyrrole nitrogens is 1. The second-order valence-corrected chi connectivity index (χ2v) is 8.46. The van der Waals surface area contributed by atoms with Gasteiger partial charge < -0.3 is 4.74 Å². The molecule has 0 aliphatic heterocycles. The number of aryl methyl sites for hydroxylation is 1. The molecule has 1 atom stereocenters. The summed E-state index contributed by atoms with van der Waals surface area (Å²) in [5.41, 5.74) is 4.58. The van der Waals surface area contributed by atoms with Crippen LogP contribution in [-0.4, -0.2) is 30.4 Å². The van der Waals surface area contributed by atoms with E-state index in [0.29, 0.717) is 18.9 Å². The lowest BCUT2D eigenvalue weighted by atomic mass is 9.95. The van der Waals surface area contributed by atoms with E-state index < -0.39 is 0 Å². The molecule has 0 aliphatic carbocycles. The summed E-state index contributed by atoms with van der Waals surface area (Å²) >= 11 is 1.75. The van der Waals surface area contributed by atoms with Crippen LogP contribution in [0.3, 0.4) is 0 Å². The molecular weight excluding hydrogens is 420 g/mol. The second kappa shape index (κ2) is 8.76. The molecule has 3 aromatic heterocycles. The number of benzene rings is 2. The summed E-state index contributed by atoms with van der Waals surface area (Å²) in [5, 5.41) is 21.9. The minimum Gasteiger partial charge on any atom is -0.489 e. The molecule has 0 saturated heterocycles. The van der Waals surface area contributed by atoms with Gasteiger partial charge in [0.1, 0.15) is 12.4 Å². The Labute approximate surface area is 189 Å². The summed E-state index contributed by atoms with van der Waals surface area (Å²) in [7, 11) is 1.97. The molecule has 5 rings (SSSR count). The van der Waals surface area contributed by atoms with Crippen LogP contribution in [0.4, 0.5) is 0 Å². The first-order chi connectivity index (χ1) is 15.7. The smallest absolute Gasteiger partial charge is 0.175 e. The Morgan fingerprint density at radius 3 is 2.78 bits per heavy atom. The topological polar surface area (TPSA) is 81.5 Å². The Kier molecular flexibility index (Phi) is 5.51. The standard InChI is InChI=1S/C24H22N6OS/c1-3-17(13-24-26-28-29-27-24)18-5-7-19(8-6-18)31-14-16-4-9-23-20(12-16)21(15-32-23)22-10-11-25-30(22)2/h3-12,15,17H,1,13-14H2,2H3,(H,26,27,28,29). The maximum atomic E-state index is 6.07.